The first-order valence-corrected chi connectivity index (χ1v) is 6.72. The first kappa shape index (κ1) is 12.6. The van der Waals surface area contributed by atoms with Crippen molar-refractivity contribution >= 4 is 0 Å². The van der Waals surface area contributed by atoms with E-state index in [4.69, 9.17) is 5.73 Å². The van der Waals surface area contributed by atoms with Crippen LogP contribution in [-0.2, 0) is 6.54 Å². The van der Waals surface area contributed by atoms with Gasteiger partial charge < -0.3 is 15.6 Å². The van der Waals surface area contributed by atoms with Crippen LogP contribution in [0.3, 0.4) is 0 Å². The minimum Gasteiger partial charge on any atom is -0.334 e. The van der Waals surface area contributed by atoms with Crippen molar-refractivity contribution in [1.82, 2.24) is 14.9 Å². The number of rotatable bonds is 5. The Morgan fingerprint density at radius 2 is 2.29 bits per heavy atom. The van der Waals surface area contributed by atoms with Crippen molar-refractivity contribution in [1.29, 1.82) is 0 Å². The maximum absolute atomic E-state index is 5.83. The minimum absolute atomic E-state index is 0.623. The van der Waals surface area contributed by atoms with Crippen LogP contribution < -0.4 is 11.1 Å². The summed E-state index contributed by atoms with van der Waals surface area (Å²) in [6, 6.07) is 0.623. The van der Waals surface area contributed by atoms with Gasteiger partial charge in [-0.3, -0.25) is 0 Å². The molecule has 0 saturated heterocycles. The molecule has 1 heterocycles. The molecule has 0 aliphatic heterocycles. The van der Waals surface area contributed by atoms with E-state index in [1.165, 1.54) is 25.7 Å². The van der Waals surface area contributed by atoms with Gasteiger partial charge in [0.25, 0.3) is 0 Å². The SMILES string of the molecule is Cc1nccn1CCNC1CCCCC1CN. The van der Waals surface area contributed by atoms with E-state index in [1.54, 1.807) is 0 Å². The summed E-state index contributed by atoms with van der Waals surface area (Å²) in [5.41, 5.74) is 5.83. The predicted octanol–water partition coefficient (Wildman–Crippen LogP) is 1.30. The second-order valence-electron chi connectivity index (χ2n) is 5.01. The molecule has 1 saturated carbocycles. The van der Waals surface area contributed by atoms with Gasteiger partial charge in [0, 0.05) is 31.5 Å². The maximum atomic E-state index is 5.83. The Balaban J connectivity index is 1.75. The minimum atomic E-state index is 0.623. The van der Waals surface area contributed by atoms with Crippen LogP contribution in [0.5, 0.6) is 0 Å². The Morgan fingerprint density at radius 3 is 3.00 bits per heavy atom. The van der Waals surface area contributed by atoms with Gasteiger partial charge >= 0.3 is 0 Å². The molecule has 0 aromatic carbocycles. The molecule has 0 amide bonds. The normalized spacial score (nSPS) is 25.1. The molecule has 2 rings (SSSR count). The summed E-state index contributed by atoms with van der Waals surface area (Å²) in [6.45, 7) is 4.88. The van der Waals surface area contributed by atoms with Crippen LogP contribution in [-0.4, -0.2) is 28.7 Å². The quantitative estimate of drug-likeness (QED) is 0.810. The number of imidazole rings is 1. The lowest BCUT2D eigenvalue weighted by molar-refractivity contribution is 0.266. The predicted molar refractivity (Wildman–Crippen MR) is 69.8 cm³/mol. The molecule has 17 heavy (non-hydrogen) atoms. The Morgan fingerprint density at radius 1 is 1.47 bits per heavy atom. The van der Waals surface area contributed by atoms with E-state index in [0.717, 1.165) is 25.5 Å². The molecular weight excluding hydrogens is 212 g/mol. The third kappa shape index (κ3) is 3.30. The summed E-state index contributed by atoms with van der Waals surface area (Å²) in [5, 5.41) is 3.66. The third-order valence-corrected chi connectivity index (χ3v) is 3.89. The second-order valence-corrected chi connectivity index (χ2v) is 5.01. The molecule has 1 aliphatic carbocycles. The van der Waals surface area contributed by atoms with Gasteiger partial charge in [-0.1, -0.05) is 12.8 Å². The van der Waals surface area contributed by atoms with Gasteiger partial charge in [0.15, 0.2) is 0 Å². The van der Waals surface area contributed by atoms with Crippen LogP contribution in [0.15, 0.2) is 12.4 Å². The fraction of sp³-hybridized carbons (Fsp3) is 0.769. The van der Waals surface area contributed by atoms with E-state index in [1.807, 2.05) is 19.3 Å². The average Bonchev–Trinajstić information content (AvgIpc) is 2.76. The zero-order valence-electron chi connectivity index (χ0n) is 10.7. The van der Waals surface area contributed by atoms with Crippen molar-refractivity contribution in [2.24, 2.45) is 11.7 Å². The second kappa shape index (κ2) is 6.17. The van der Waals surface area contributed by atoms with E-state index in [-0.39, 0.29) is 0 Å². The van der Waals surface area contributed by atoms with Crippen LogP contribution in [0.2, 0.25) is 0 Å². The van der Waals surface area contributed by atoms with Crippen LogP contribution >= 0.6 is 0 Å². The molecule has 2 atom stereocenters. The number of aryl methyl sites for hydroxylation is 1. The zero-order valence-corrected chi connectivity index (χ0v) is 10.7. The molecule has 96 valence electrons. The lowest BCUT2D eigenvalue weighted by Crippen LogP contribution is -2.43. The highest BCUT2D eigenvalue weighted by Crippen LogP contribution is 2.23. The molecule has 1 aromatic rings. The summed E-state index contributed by atoms with van der Waals surface area (Å²) in [4.78, 5) is 4.23. The van der Waals surface area contributed by atoms with Gasteiger partial charge in [-0.15, -0.1) is 0 Å². The topological polar surface area (TPSA) is 55.9 Å². The first-order chi connectivity index (χ1) is 8.31. The molecule has 4 heteroatoms. The molecule has 0 spiro atoms. The highest BCUT2D eigenvalue weighted by atomic mass is 15.1. The number of nitrogens with zero attached hydrogens (tertiary/aromatic N) is 2. The summed E-state index contributed by atoms with van der Waals surface area (Å²) >= 11 is 0. The number of hydrogen-bond acceptors (Lipinski definition) is 3. The largest absolute Gasteiger partial charge is 0.334 e. The van der Waals surface area contributed by atoms with Gasteiger partial charge in [0.1, 0.15) is 5.82 Å². The molecule has 1 aromatic heterocycles. The third-order valence-electron chi connectivity index (χ3n) is 3.89. The van der Waals surface area contributed by atoms with Crippen LogP contribution in [0.25, 0.3) is 0 Å². The van der Waals surface area contributed by atoms with Crippen molar-refractivity contribution in [3.63, 3.8) is 0 Å². The smallest absolute Gasteiger partial charge is 0.105 e. The lowest BCUT2D eigenvalue weighted by Gasteiger charge is -2.31. The highest BCUT2D eigenvalue weighted by molar-refractivity contribution is 4.89. The lowest BCUT2D eigenvalue weighted by atomic mass is 9.84. The van der Waals surface area contributed by atoms with Gasteiger partial charge in [-0.05, 0) is 32.2 Å². The van der Waals surface area contributed by atoms with Gasteiger partial charge in [0.05, 0.1) is 0 Å². The Bertz CT molecular complexity index is 334. The van der Waals surface area contributed by atoms with Crippen molar-refractivity contribution in [3.8, 4) is 0 Å². The number of aromatic nitrogens is 2. The van der Waals surface area contributed by atoms with E-state index < -0.39 is 0 Å². The van der Waals surface area contributed by atoms with Crippen LogP contribution in [0.1, 0.15) is 31.5 Å². The fourth-order valence-corrected chi connectivity index (χ4v) is 2.77. The number of nitrogens with one attached hydrogen (secondary N) is 1. The van der Waals surface area contributed by atoms with Crippen LogP contribution in [0, 0.1) is 12.8 Å². The Kier molecular flexibility index (Phi) is 4.57. The van der Waals surface area contributed by atoms with Gasteiger partial charge in [-0.25, -0.2) is 4.98 Å². The van der Waals surface area contributed by atoms with Gasteiger partial charge in [0.2, 0.25) is 0 Å². The van der Waals surface area contributed by atoms with E-state index >= 15 is 0 Å². The van der Waals surface area contributed by atoms with Crippen molar-refractivity contribution in [2.45, 2.75) is 45.2 Å². The van der Waals surface area contributed by atoms with Crippen molar-refractivity contribution < 1.29 is 0 Å². The molecule has 4 nitrogen and oxygen atoms in total. The average molecular weight is 236 g/mol. The summed E-state index contributed by atoms with van der Waals surface area (Å²) in [7, 11) is 0. The Hall–Kier alpha value is -0.870. The van der Waals surface area contributed by atoms with E-state index in [9.17, 15) is 0 Å². The zero-order chi connectivity index (χ0) is 12.1. The summed E-state index contributed by atoms with van der Waals surface area (Å²) < 4.78 is 2.19. The van der Waals surface area contributed by atoms with Crippen LogP contribution in [0.4, 0.5) is 0 Å². The molecule has 2 unspecified atom stereocenters. The molecule has 3 N–H and O–H groups in total. The number of nitrogens with two attached hydrogens (primary N) is 1. The first-order valence-electron chi connectivity index (χ1n) is 6.72. The molecule has 1 aliphatic rings. The Labute approximate surface area is 104 Å². The van der Waals surface area contributed by atoms with E-state index in [2.05, 4.69) is 14.9 Å². The standard InChI is InChI=1S/C13H24N4/c1-11-15-6-8-17(11)9-7-16-13-5-3-2-4-12(13)10-14/h6,8,12-13,16H,2-5,7,9-10,14H2,1H3. The monoisotopic (exact) mass is 236 g/mol. The molecular formula is C13H24N4. The number of hydrogen-bond donors (Lipinski definition) is 2. The molecule has 0 bridgehead atoms. The van der Waals surface area contributed by atoms with Crippen molar-refractivity contribution in [2.75, 3.05) is 13.1 Å². The maximum Gasteiger partial charge on any atom is 0.105 e. The summed E-state index contributed by atoms with van der Waals surface area (Å²) in [5.74, 6) is 1.76. The fourth-order valence-electron chi connectivity index (χ4n) is 2.77. The summed E-state index contributed by atoms with van der Waals surface area (Å²) in [6.07, 6.45) is 9.17. The van der Waals surface area contributed by atoms with Gasteiger partial charge in [-0.2, -0.15) is 0 Å². The highest BCUT2D eigenvalue weighted by Gasteiger charge is 2.22. The molecule has 0 radical (unpaired) electrons. The van der Waals surface area contributed by atoms with Crippen molar-refractivity contribution in [3.05, 3.63) is 18.2 Å². The van der Waals surface area contributed by atoms with E-state index in [0.29, 0.717) is 12.0 Å². The molecule has 1 fully saturated rings.